The number of halogens is 2. The van der Waals surface area contributed by atoms with Crippen molar-refractivity contribution in [3.63, 3.8) is 0 Å². The molecule has 0 atom stereocenters. The standard InChI is InChI=1S/C22H22ClFN4O4/c1-30-16-4-2-15(3-5-16)22-25-20(32-26-22)13-27-8-10-28(11-9-27)21(29)14-31-17-6-7-19(24)18(23)12-17/h2-7,12H,8-11,13-14H2,1H3. The average Bonchev–Trinajstić information content (AvgIpc) is 3.28. The number of benzene rings is 2. The number of amides is 1. The second-order valence-electron chi connectivity index (χ2n) is 7.26. The van der Waals surface area contributed by atoms with Crippen LogP contribution in [0.5, 0.6) is 11.5 Å². The van der Waals surface area contributed by atoms with Gasteiger partial charge in [0.1, 0.15) is 17.3 Å². The Labute approximate surface area is 189 Å². The van der Waals surface area contributed by atoms with Crippen molar-refractivity contribution in [1.29, 1.82) is 0 Å². The number of rotatable bonds is 7. The van der Waals surface area contributed by atoms with E-state index in [1.807, 2.05) is 24.3 Å². The van der Waals surface area contributed by atoms with Crippen LogP contribution in [-0.2, 0) is 11.3 Å². The van der Waals surface area contributed by atoms with Crippen molar-refractivity contribution in [2.75, 3.05) is 39.9 Å². The molecule has 168 valence electrons. The highest BCUT2D eigenvalue weighted by Crippen LogP contribution is 2.22. The highest BCUT2D eigenvalue weighted by atomic mass is 35.5. The Kier molecular flexibility index (Phi) is 6.87. The number of nitrogens with zero attached hydrogens (tertiary/aromatic N) is 4. The molecule has 4 rings (SSSR count). The molecule has 0 unspecified atom stereocenters. The largest absolute Gasteiger partial charge is 0.497 e. The first-order valence-corrected chi connectivity index (χ1v) is 10.4. The van der Waals surface area contributed by atoms with Crippen LogP contribution >= 0.6 is 11.6 Å². The van der Waals surface area contributed by atoms with Gasteiger partial charge in [0.05, 0.1) is 18.7 Å². The summed E-state index contributed by atoms with van der Waals surface area (Å²) in [6, 6.07) is 11.4. The van der Waals surface area contributed by atoms with Gasteiger partial charge in [0.2, 0.25) is 11.7 Å². The zero-order chi connectivity index (χ0) is 22.5. The maximum Gasteiger partial charge on any atom is 0.260 e. The molecule has 0 radical (unpaired) electrons. The lowest BCUT2D eigenvalue weighted by atomic mass is 10.2. The van der Waals surface area contributed by atoms with Crippen LogP contribution in [0, 0.1) is 5.82 Å². The van der Waals surface area contributed by atoms with Gasteiger partial charge in [-0.15, -0.1) is 0 Å². The second kappa shape index (κ2) is 9.97. The minimum absolute atomic E-state index is 0.0419. The summed E-state index contributed by atoms with van der Waals surface area (Å²) in [5.41, 5.74) is 0.846. The number of methoxy groups -OCH3 is 1. The summed E-state index contributed by atoms with van der Waals surface area (Å²) in [6.45, 7) is 2.85. The van der Waals surface area contributed by atoms with Crippen molar-refractivity contribution in [2.45, 2.75) is 6.54 Å². The van der Waals surface area contributed by atoms with Gasteiger partial charge in [0, 0.05) is 37.8 Å². The number of ether oxygens (including phenoxy) is 2. The third-order valence-electron chi connectivity index (χ3n) is 5.15. The lowest BCUT2D eigenvalue weighted by Crippen LogP contribution is -2.49. The fraction of sp³-hybridized carbons (Fsp3) is 0.318. The van der Waals surface area contributed by atoms with Crippen molar-refractivity contribution in [1.82, 2.24) is 19.9 Å². The first kappa shape index (κ1) is 22.0. The third kappa shape index (κ3) is 5.35. The Bertz CT molecular complexity index is 1070. The highest BCUT2D eigenvalue weighted by Gasteiger charge is 2.23. The third-order valence-corrected chi connectivity index (χ3v) is 5.44. The summed E-state index contributed by atoms with van der Waals surface area (Å²) in [7, 11) is 1.61. The molecule has 1 aliphatic heterocycles. The molecule has 1 aliphatic rings. The van der Waals surface area contributed by atoms with E-state index in [9.17, 15) is 9.18 Å². The Morgan fingerprint density at radius 1 is 1.12 bits per heavy atom. The summed E-state index contributed by atoms with van der Waals surface area (Å²) in [5, 5.41) is 4.01. The molecule has 2 aromatic carbocycles. The van der Waals surface area contributed by atoms with E-state index in [1.165, 1.54) is 18.2 Å². The van der Waals surface area contributed by atoms with Gasteiger partial charge in [-0.25, -0.2) is 4.39 Å². The number of hydrogen-bond donors (Lipinski definition) is 0. The first-order valence-electron chi connectivity index (χ1n) is 10.1. The number of carbonyl (C=O) groups is 1. The van der Waals surface area contributed by atoms with Crippen LogP contribution in [0.3, 0.4) is 0 Å². The van der Waals surface area contributed by atoms with E-state index >= 15 is 0 Å². The van der Waals surface area contributed by atoms with Crippen LogP contribution in [0.4, 0.5) is 4.39 Å². The monoisotopic (exact) mass is 460 g/mol. The smallest absolute Gasteiger partial charge is 0.260 e. The molecule has 0 saturated carbocycles. The van der Waals surface area contributed by atoms with Gasteiger partial charge in [-0.05, 0) is 36.4 Å². The molecule has 3 aromatic rings. The predicted molar refractivity (Wildman–Crippen MR) is 115 cm³/mol. The Hall–Kier alpha value is -3.17. The lowest BCUT2D eigenvalue weighted by Gasteiger charge is -2.33. The molecular weight excluding hydrogens is 439 g/mol. The summed E-state index contributed by atoms with van der Waals surface area (Å²) < 4.78 is 29.2. The summed E-state index contributed by atoms with van der Waals surface area (Å²) >= 11 is 5.73. The Balaban J connectivity index is 1.24. The topological polar surface area (TPSA) is 80.9 Å². The van der Waals surface area contributed by atoms with Crippen LogP contribution < -0.4 is 9.47 Å². The van der Waals surface area contributed by atoms with Gasteiger partial charge in [-0.1, -0.05) is 16.8 Å². The molecule has 10 heteroatoms. The van der Waals surface area contributed by atoms with Crippen molar-refractivity contribution < 1.29 is 23.2 Å². The quantitative estimate of drug-likeness (QED) is 0.535. The first-order chi connectivity index (χ1) is 15.5. The van der Waals surface area contributed by atoms with Crippen molar-refractivity contribution in [3.05, 3.63) is 59.2 Å². The minimum Gasteiger partial charge on any atom is -0.497 e. The fourth-order valence-corrected chi connectivity index (χ4v) is 3.50. The van der Waals surface area contributed by atoms with E-state index in [0.29, 0.717) is 50.2 Å². The zero-order valence-corrected chi connectivity index (χ0v) is 18.2. The van der Waals surface area contributed by atoms with Gasteiger partial charge in [-0.2, -0.15) is 4.98 Å². The highest BCUT2D eigenvalue weighted by molar-refractivity contribution is 6.30. The molecule has 8 nitrogen and oxygen atoms in total. The predicted octanol–water partition coefficient (Wildman–Crippen LogP) is 3.26. The molecule has 0 aliphatic carbocycles. The normalized spacial score (nSPS) is 14.4. The molecule has 32 heavy (non-hydrogen) atoms. The van der Waals surface area contributed by atoms with Crippen LogP contribution in [0.25, 0.3) is 11.4 Å². The van der Waals surface area contributed by atoms with Gasteiger partial charge >= 0.3 is 0 Å². The molecule has 0 bridgehead atoms. The van der Waals surface area contributed by atoms with Gasteiger partial charge in [0.15, 0.2) is 6.61 Å². The number of piperazine rings is 1. The molecule has 0 N–H and O–H groups in total. The minimum atomic E-state index is -0.529. The molecule has 2 heterocycles. The van der Waals surface area contributed by atoms with Gasteiger partial charge in [-0.3, -0.25) is 9.69 Å². The molecule has 1 fully saturated rings. The Morgan fingerprint density at radius 2 is 1.84 bits per heavy atom. The van der Waals surface area contributed by atoms with Gasteiger partial charge in [0.25, 0.3) is 5.91 Å². The maximum absolute atomic E-state index is 13.2. The maximum atomic E-state index is 13.2. The molecule has 1 amide bonds. The number of hydrogen-bond acceptors (Lipinski definition) is 7. The molecule has 1 saturated heterocycles. The number of carbonyl (C=O) groups excluding carboxylic acids is 1. The van der Waals surface area contributed by atoms with E-state index < -0.39 is 5.82 Å². The van der Waals surface area contributed by atoms with Crippen LogP contribution in [0.15, 0.2) is 47.0 Å². The van der Waals surface area contributed by atoms with Crippen LogP contribution in [0.2, 0.25) is 5.02 Å². The van der Waals surface area contributed by atoms with Crippen LogP contribution in [0.1, 0.15) is 5.89 Å². The van der Waals surface area contributed by atoms with E-state index in [4.69, 9.17) is 25.6 Å². The SMILES string of the molecule is COc1ccc(-c2noc(CN3CCN(C(=O)COc4ccc(F)c(Cl)c4)CC3)n2)cc1. The van der Waals surface area contributed by atoms with Crippen molar-refractivity contribution in [2.24, 2.45) is 0 Å². The van der Waals surface area contributed by atoms with E-state index in [-0.39, 0.29) is 17.5 Å². The molecule has 1 aromatic heterocycles. The van der Waals surface area contributed by atoms with Gasteiger partial charge < -0.3 is 18.9 Å². The second-order valence-corrected chi connectivity index (χ2v) is 7.67. The average molecular weight is 461 g/mol. The number of aromatic nitrogens is 2. The zero-order valence-electron chi connectivity index (χ0n) is 17.5. The fourth-order valence-electron chi connectivity index (χ4n) is 3.33. The van der Waals surface area contributed by atoms with Crippen molar-refractivity contribution >= 4 is 17.5 Å². The van der Waals surface area contributed by atoms with Crippen LogP contribution in [-0.4, -0.2) is 65.7 Å². The van der Waals surface area contributed by atoms with E-state index in [2.05, 4.69) is 15.0 Å². The molecule has 0 spiro atoms. The van der Waals surface area contributed by atoms with E-state index in [0.717, 1.165) is 11.3 Å². The van der Waals surface area contributed by atoms with Crippen molar-refractivity contribution in [3.8, 4) is 22.9 Å². The Morgan fingerprint density at radius 3 is 2.53 bits per heavy atom. The summed E-state index contributed by atoms with van der Waals surface area (Å²) in [5.74, 6) is 1.49. The summed E-state index contributed by atoms with van der Waals surface area (Å²) in [4.78, 5) is 20.8. The molecular formula is C22H22ClFN4O4. The summed E-state index contributed by atoms with van der Waals surface area (Å²) in [6.07, 6.45) is 0. The van der Waals surface area contributed by atoms with E-state index in [1.54, 1.807) is 12.0 Å². The lowest BCUT2D eigenvalue weighted by molar-refractivity contribution is -0.135.